The molecule has 2 heterocycles. The number of aliphatic imine (C=N–C) groups is 1. The summed E-state index contributed by atoms with van der Waals surface area (Å²) in [6, 6.07) is 7.95. The van der Waals surface area contributed by atoms with Crippen LogP contribution in [0.3, 0.4) is 0 Å². The Kier molecular flexibility index (Phi) is 26.4. The lowest BCUT2D eigenvalue weighted by atomic mass is 9.88. The number of carbonyl (C=O) groups excluding carboxylic acids is 10. The van der Waals surface area contributed by atoms with E-state index in [2.05, 4.69) is 36.9 Å². The zero-order valence-corrected chi connectivity index (χ0v) is 46.5. The zero-order chi connectivity index (χ0) is 57.5. The van der Waals surface area contributed by atoms with Crippen LogP contribution in [-0.4, -0.2) is 143 Å². The third-order valence-corrected chi connectivity index (χ3v) is 15.5. The van der Waals surface area contributed by atoms with Crippen LogP contribution in [0.1, 0.15) is 96.6 Å². The van der Waals surface area contributed by atoms with Crippen molar-refractivity contribution < 1.29 is 47.9 Å². The van der Waals surface area contributed by atoms with E-state index in [0.717, 1.165) is 27.2 Å². The molecule has 4 rings (SSSR count). The van der Waals surface area contributed by atoms with Gasteiger partial charge >= 0.3 is 0 Å². The van der Waals surface area contributed by atoms with Gasteiger partial charge in [-0.1, -0.05) is 110 Å². The number of hydrogen-bond donors (Lipinski definition) is 11. The van der Waals surface area contributed by atoms with E-state index in [-0.39, 0.29) is 107 Å². The molecule has 0 saturated carbocycles. The molecular weight excluding hydrogens is 1040 g/mol. The Balaban J connectivity index is 1.79. The minimum atomic E-state index is -1.37. The third-order valence-electron chi connectivity index (χ3n) is 13.1. The number of guanidine groups is 1. The maximum atomic E-state index is 14.9. The van der Waals surface area contributed by atoms with Crippen LogP contribution in [0, 0.1) is 17.8 Å². The number of fused-ring (bicyclic) bond motifs is 1. The fraction of sp³-hybridized carbons (Fsp3) is 0.566. The fourth-order valence-corrected chi connectivity index (χ4v) is 11.3. The van der Waals surface area contributed by atoms with Crippen molar-refractivity contribution in [2.24, 2.45) is 51.4 Å². The first-order valence-corrected chi connectivity index (χ1v) is 28.9. The molecule has 0 unspecified atom stereocenters. The van der Waals surface area contributed by atoms with Crippen LogP contribution in [0.2, 0.25) is 0 Å². The molecule has 2 aromatic rings. The van der Waals surface area contributed by atoms with E-state index in [1.165, 1.54) is 4.90 Å². The van der Waals surface area contributed by atoms with Crippen molar-refractivity contribution in [3.05, 3.63) is 71.8 Å². The largest absolute Gasteiger partial charge is 0.370 e. The third kappa shape index (κ3) is 21.6. The summed E-state index contributed by atoms with van der Waals surface area (Å²) in [7, 11) is 2.11. The molecule has 2 aromatic carbocycles. The normalized spacial score (nSPS) is 25.2. The first-order chi connectivity index (χ1) is 37.0. The lowest BCUT2D eigenvalue weighted by Crippen LogP contribution is -2.59. The van der Waals surface area contributed by atoms with Crippen molar-refractivity contribution in [2.45, 2.75) is 147 Å². The van der Waals surface area contributed by atoms with E-state index in [0.29, 0.717) is 12.0 Å². The molecule has 2 saturated heterocycles. The van der Waals surface area contributed by atoms with Gasteiger partial charge in [-0.15, -0.1) is 0 Å². The molecule has 0 radical (unpaired) electrons. The number of amides is 9. The van der Waals surface area contributed by atoms with Gasteiger partial charge in [0.1, 0.15) is 36.3 Å². The number of benzene rings is 2. The van der Waals surface area contributed by atoms with Crippen molar-refractivity contribution in [3.8, 4) is 0 Å². The summed E-state index contributed by atoms with van der Waals surface area (Å²) in [5.41, 5.74) is 30.0. The van der Waals surface area contributed by atoms with Crippen LogP contribution in [0.4, 0.5) is 0 Å². The molecule has 2 aliphatic rings. The average Bonchev–Trinajstić information content (AvgIpc) is 3.88. The molecule has 25 heteroatoms. The SMILES string of the molecule is CC(C)C[C@@H]1NC(=O)[C@H](CCC(N)=O)NC(=O)[C@@H](N)CSSC[C@@H](C(N)=O)NC(=O)[C@H](CCCN=C(N)N)NC(=O)[C@H](Cc2ccccc2)NC(=O)[C@H](CC(C)C)NC(=O)[C@@H]2CCCN2C(=O)[C@H](Cc2ccccc2)CC1=O. The topological polar surface area (TPSA) is 389 Å². The number of nitrogens with two attached hydrogens (primary N) is 5. The second-order valence-corrected chi connectivity index (χ2v) is 23.1. The molecule has 0 aliphatic carbocycles. The van der Waals surface area contributed by atoms with Gasteiger partial charge in [0.05, 0.1) is 12.1 Å². The van der Waals surface area contributed by atoms with Gasteiger partial charge in [0.15, 0.2) is 11.7 Å². The molecule has 9 atom stereocenters. The molecular formula is C53H79N13O10S2. The first kappa shape index (κ1) is 63.8. The van der Waals surface area contributed by atoms with E-state index >= 15 is 0 Å². The van der Waals surface area contributed by atoms with Crippen molar-refractivity contribution in [1.29, 1.82) is 0 Å². The maximum Gasteiger partial charge on any atom is 0.243 e. The summed E-state index contributed by atoms with van der Waals surface area (Å²) in [5.74, 6) is -8.76. The maximum absolute atomic E-state index is 14.9. The predicted octanol–water partition coefficient (Wildman–Crippen LogP) is -0.434. The van der Waals surface area contributed by atoms with E-state index in [1.807, 2.05) is 45.9 Å². The molecule has 0 aromatic heterocycles. The monoisotopic (exact) mass is 1120 g/mol. The molecule has 0 spiro atoms. The Morgan fingerprint density at radius 2 is 1.14 bits per heavy atom. The number of ketones is 1. The molecule has 428 valence electrons. The fourth-order valence-electron chi connectivity index (χ4n) is 9.04. The number of primary amides is 2. The van der Waals surface area contributed by atoms with E-state index in [1.54, 1.807) is 42.5 Å². The van der Waals surface area contributed by atoms with Crippen LogP contribution in [0.25, 0.3) is 0 Å². The van der Waals surface area contributed by atoms with Gasteiger partial charge in [-0.3, -0.25) is 52.9 Å². The number of nitrogens with zero attached hydrogens (tertiary/aromatic N) is 2. The van der Waals surface area contributed by atoms with Crippen LogP contribution in [0.5, 0.6) is 0 Å². The predicted molar refractivity (Wildman–Crippen MR) is 299 cm³/mol. The van der Waals surface area contributed by atoms with Crippen LogP contribution in [-0.2, 0) is 60.8 Å². The number of hydrogen-bond acceptors (Lipinski definition) is 14. The van der Waals surface area contributed by atoms with Gasteiger partial charge < -0.3 is 65.5 Å². The number of Topliss-reactive ketones (excluding diaryl/α,β-unsaturated/α-hetero) is 1. The van der Waals surface area contributed by atoms with Crippen molar-refractivity contribution >= 4 is 86.5 Å². The standard InChI is InChI=1S/C53H79N13O10S2/c1-30(2)23-38-43(67)27-34(25-32-13-7-5-8-14-32)52(76)66-22-12-18-42(66)51(75)64-39(24-31(3)4)49(73)63-40(26-33-15-9-6-10-16-33)50(74)61-36(17-11-21-59-53(57)58)47(71)65-41(45(56)69)29-78-77-28-35(54)46(70)60-37(48(72)62-38)19-20-44(55)68/h5-10,13-16,30-31,34-42H,11-12,17-29,54H2,1-4H3,(H2,55,68)(H2,56,69)(H,60,70)(H,61,74)(H,62,72)(H,63,73)(H,64,75)(H,65,71)(H4,57,58,59)/t34-,35+,36+,37+,38+,39+,40+,41+,42+/m1/s1. The van der Waals surface area contributed by atoms with E-state index < -0.39 is 113 Å². The van der Waals surface area contributed by atoms with E-state index in [9.17, 15) is 47.9 Å². The molecule has 2 fully saturated rings. The smallest absolute Gasteiger partial charge is 0.243 e. The number of nitrogens with one attached hydrogen (secondary N) is 6. The van der Waals surface area contributed by atoms with Gasteiger partial charge in [0.2, 0.25) is 53.2 Å². The van der Waals surface area contributed by atoms with Gasteiger partial charge in [-0.05, 0) is 74.3 Å². The molecule has 0 bridgehead atoms. The van der Waals surface area contributed by atoms with Crippen molar-refractivity contribution in [1.82, 2.24) is 36.8 Å². The number of rotatable bonds is 16. The lowest BCUT2D eigenvalue weighted by molar-refractivity contribution is -0.144. The second-order valence-electron chi connectivity index (χ2n) is 20.6. The highest BCUT2D eigenvalue weighted by Crippen LogP contribution is 2.26. The minimum absolute atomic E-state index is 0.0302. The lowest BCUT2D eigenvalue weighted by Gasteiger charge is -2.31. The summed E-state index contributed by atoms with van der Waals surface area (Å²) < 4.78 is 0. The zero-order valence-electron chi connectivity index (χ0n) is 44.9. The highest BCUT2D eigenvalue weighted by molar-refractivity contribution is 8.76. The molecule has 9 amide bonds. The molecule has 2 aliphatic heterocycles. The Bertz CT molecular complexity index is 2410. The average molecular weight is 1120 g/mol. The molecule has 78 heavy (non-hydrogen) atoms. The van der Waals surface area contributed by atoms with Crippen LogP contribution < -0.4 is 60.6 Å². The molecule has 16 N–H and O–H groups in total. The van der Waals surface area contributed by atoms with Gasteiger partial charge in [0.25, 0.3) is 0 Å². The van der Waals surface area contributed by atoms with Crippen molar-refractivity contribution in [3.63, 3.8) is 0 Å². The summed E-state index contributed by atoms with van der Waals surface area (Å²) in [5, 5.41) is 16.4. The Morgan fingerprint density at radius 3 is 1.74 bits per heavy atom. The van der Waals surface area contributed by atoms with Crippen molar-refractivity contribution in [2.75, 3.05) is 24.6 Å². The van der Waals surface area contributed by atoms with E-state index in [4.69, 9.17) is 28.7 Å². The Hall–Kier alpha value is -6.73. The highest BCUT2D eigenvalue weighted by Gasteiger charge is 2.41. The Labute approximate surface area is 463 Å². The minimum Gasteiger partial charge on any atom is -0.370 e. The summed E-state index contributed by atoms with van der Waals surface area (Å²) in [6.45, 7) is 7.66. The molecule has 23 nitrogen and oxygen atoms in total. The Morgan fingerprint density at radius 1 is 0.628 bits per heavy atom. The summed E-state index contributed by atoms with van der Waals surface area (Å²) in [6.07, 6.45) is 0.297. The van der Waals surface area contributed by atoms with Gasteiger partial charge in [-0.25, -0.2) is 0 Å². The van der Waals surface area contributed by atoms with Gasteiger partial charge in [0, 0.05) is 49.8 Å². The highest BCUT2D eigenvalue weighted by atomic mass is 33.1. The summed E-state index contributed by atoms with van der Waals surface area (Å²) >= 11 is 0. The second kappa shape index (κ2) is 32.2. The van der Waals surface area contributed by atoms with Crippen LogP contribution in [0.15, 0.2) is 65.7 Å². The quantitative estimate of drug-likeness (QED) is 0.0440. The van der Waals surface area contributed by atoms with Gasteiger partial charge in [-0.2, -0.15) is 0 Å². The summed E-state index contributed by atoms with van der Waals surface area (Å²) in [4.78, 5) is 145. The first-order valence-electron chi connectivity index (χ1n) is 26.4. The number of carbonyl (C=O) groups is 10. The van der Waals surface area contributed by atoms with Crippen LogP contribution >= 0.6 is 21.6 Å².